The van der Waals surface area contributed by atoms with Crippen LogP contribution in [-0.4, -0.2) is 31.0 Å². The molecule has 1 N–H and O–H groups in total. The largest absolute Gasteiger partial charge is 0.494 e. The van der Waals surface area contributed by atoms with Crippen LogP contribution in [0, 0.1) is 0 Å². The van der Waals surface area contributed by atoms with Crippen molar-refractivity contribution in [3.8, 4) is 22.8 Å². The molecule has 0 aliphatic heterocycles. The molecule has 2 aromatic carbocycles. The van der Waals surface area contributed by atoms with E-state index in [2.05, 4.69) is 9.71 Å². The normalized spacial score (nSPS) is 11.5. The van der Waals surface area contributed by atoms with E-state index < -0.39 is 10.0 Å². The topological polar surface area (TPSA) is 81.9 Å². The summed E-state index contributed by atoms with van der Waals surface area (Å²) >= 11 is 1.56. The SMILES string of the molecule is CCOc1ccc(OCC)c(S(=O)(=O)Nc2ccc(-c3cn4ccsc4n3)cc2)c1. The average molecular weight is 444 g/mol. The molecule has 0 aliphatic rings. The summed E-state index contributed by atoms with van der Waals surface area (Å²) < 4.78 is 41.6. The number of rotatable bonds is 8. The van der Waals surface area contributed by atoms with Crippen LogP contribution in [0.25, 0.3) is 16.2 Å². The Morgan fingerprint density at radius 1 is 1.07 bits per heavy atom. The lowest BCUT2D eigenvalue weighted by molar-refractivity contribution is 0.322. The highest BCUT2D eigenvalue weighted by atomic mass is 32.2. The number of aromatic nitrogens is 2. The first-order chi connectivity index (χ1) is 14.5. The molecule has 2 aromatic heterocycles. The van der Waals surface area contributed by atoms with Gasteiger partial charge in [0.15, 0.2) is 4.96 Å². The molecule has 0 aliphatic carbocycles. The van der Waals surface area contributed by atoms with Crippen LogP contribution in [0.5, 0.6) is 11.5 Å². The monoisotopic (exact) mass is 443 g/mol. The standard InChI is InChI=1S/C21H21N3O4S2/c1-3-27-17-9-10-19(28-4-2)20(13-17)30(25,26)23-16-7-5-15(6-8-16)18-14-24-11-12-29-21(24)22-18/h5-14,23H,3-4H2,1-2H3. The van der Waals surface area contributed by atoms with Crippen LogP contribution in [0.3, 0.4) is 0 Å². The fourth-order valence-corrected chi connectivity index (χ4v) is 4.93. The molecule has 0 fully saturated rings. The molecule has 4 rings (SSSR count). The lowest BCUT2D eigenvalue weighted by Crippen LogP contribution is -2.14. The molecule has 0 bridgehead atoms. The van der Waals surface area contributed by atoms with Crippen LogP contribution in [-0.2, 0) is 10.0 Å². The van der Waals surface area contributed by atoms with Crippen molar-refractivity contribution in [2.45, 2.75) is 18.7 Å². The molecule has 2 heterocycles. The van der Waals surface area contributed by atoms with E-state index in [0.717, 1.165) is 16.2 Å². The van der Waals surface area contributed by atoms with Gasteiger partial charge in [0.25, 0.3) is 10.0 Å². The van der Waals surface area contributed by atoms with Gasteiger partial charge in [0, 0.05) is 35.1 Å². The van der Waals surface area contributed by atoms with E-state index in [1.807, 2.05) is 41.2 Å². The highest BCUT2D eigenvalue weighted by Crippen LogP contribution is 2.31. The lowest BCUT2D eigenvalue weighted by Gasteiger charge is -2.14. The van der Waals surface area contributed by atoms with Crippen LogP contribution in [0.4, 0.5) is 5.69 Å². The number of ether oxygens (including phenoxy) is 2. The maximum absolute atomic E-state index is 13.0. The Balaban J connectivity index is 1.60. The fraction of sp³-hybridized carbons (Fsp3) is 0.190. The minimum absolute atomic E-state index is 0.0358. The highest BCUT2D eigenvalue weighted by molar-refractivity contribution is 7.92. The number of benzene rings is 2. The summed E-state index contributed by atoms with van der Waals surface area (Å²) in [6, 6.07) is 11.9. The van der Waals surface area contributed by atoms with Gasteiger partial charge in [-0.3, -0.25) is 9.12 Å². The van der Waals surface area contributed by atoms with Gasteiger partial charge >= 0.3 is 0 Å². The summed E-state index contributed by atoms with van der Waals surface area (Å²) in [5.41, 5.74) is 2.19. The van der Waals surface area contributed by atoms with Gasteiger partial charge in [-0.2, -0.15) is 0 Å². The number of anilines is 1. The van der Waals surface area contributed by atoms with E-state index >= 15 is 0 Å². The molecule has 0 saturated carbocycles. The van der Waals surface area contributed by atoms with E-state index in [-0.39, 0.29) is 10.6 Å². The predicted octanol–water partition coefficient (Wildman–Crippen LogP) is 4.66. The summed E-state index contributed by atoms with van der Waals surface area (Å²) in [6.45, 7) is 4.44. The lowest BCUT2D eigenvalue weighted by atomic mass is 10.1. The minimum Gasteiger partial charge on any atom is -0.494 e. The van der Waals surface area contributed by atoms with Crippen molar-refractivity contribution in [2.24, 2.45) is 0 Å². The second kappa shape index (κ2) is 8.37. The van der Waals surface area contributed by atoms with E-state index in [9.17, 15) is 8.42 Å². The van der Waals surface area contributed by atoms with E-state index in [1.165, 1.54) is 6.07 Å². The number of sulfonamides is 1. The Morgan fingerprint density at radius 3 is 2.53 bits per heavy atom. The quantitative estimate of drug-likeness (QED) is 0.428. The summed E-state index contributed by atoms with van der Waals surface area (Å²) in [5.74, 6) is 0.750. The molecule has 156 valence electrons. The molecule has 9 heteroatoms. The van der Waals surface area contributed by atoms with Crippen LogP contribution in [0.15, 0.2) is 65.1 Å². The molecule has 0 atom stereocenters. The summed E-state index contributed by atoms with van der Waals surface area (Å²) in [5, 5.41) is 1.97. The number of nitrogens with zero attached hydrogens (tertiary/aromatic N) is 2. The van der Waals surface area contributed by atoms with Crippen LogP contribution >= 0.6 is 11.3 Å². The van der Waals surface area contributed by atoms with Crippen molar-refractivity contribution in [2.75, 3.05) is 17.9 Å². The predicted molar refractivity (Wildman–Crippen MR) is 118 cm³/mol. The highest BCUT2D eigenvalue weighted by Gasteiger charge is 2.21. The number of imidazole rings is 1. The fourth-order valence-electron chi connectivity index (χ4n) is 3.02. The second-order valence-electron chi connectivity index (χ2n) is 6.38. The van der Waals surface area contributed by atoms with Crippen LogP contribution in [0.1, 0.15) is 13.8 Å². The molecule has 4 aromatic rings. The van der Waals surface area contributed by atoms with Crippen molar-refractivity contribution < 1.29 is 17.9 Å². The molecule has 0 amide bonds. The Labute approximate surface area is 179 Å². The Bertz CT molecular complexity index is 1230. The van der Waals surface area contributed by atoms with Crippen LogP contribution < -0.4 is 14.2 Å². The summed E-state index contributed by atoms with van der Waals surface area (Å²) in [4.78, 5) is 5.51. The van der Waals surface area contributed by atoms with Crippen molar-refractivity contribution >= 4 is 32.0 Å². The number of fused-ring (bicyclic) bond motifs is 1. The van der Waals surface area contributed by atoms with Crippen molar-refractivity contribution in [1.82, 2.24) is 9.38 Å². The first-order valence-corrected chi connectivity index (χ1v) is 11.8. The van der Waals surface area contributed by atoms with E-state index in [0.29, 0.717) is 24.7 Å². The van der Waals surface area contributed by atoms with Gasteiger partial charge < -0.3 is 9.47 Å². The molecule has 0 radical (unpaired) electrons. The third-order valence-corrected chi connectivity index (χ3v) is 6.51. The first kappa shape index (κ1) is 20.2. The minimum atomic E-state index is -3.87. The zero-order valence-corrected chi connectivity index (χ0v) is 18.2. The Kier molecular flexibility index (Phi) is 5.65. The third kappa shape index (κ3) is 4.12. The maximum atomic E-state index is 13.0. The molecular formula is C21H21N3O4S2. The van der Waals surface area contributed by atoms with Gasteiger partial charge in [0.05, 0.1) is 18.9 Å². The van der Waals surface area contributed by atoms with Crippen molar-refractivity contribution in [3.05, 3.63) is 60.2 Å². The second-order valence-corrected chi connectivity index (χ2v) is 8.90. The summed E-state index contributed by atoms with van der Waals surface area (Å²) in [7, 11) is -3.87. The van der Waals surface area contributed by atoms with Gasteiger partial charge in [0.2, 0.25) is 0 Å². The van der Waals surface area contributed by atoms with Gasteiger partial charge in [-0.25, -0.2) is 13.4 Å². The van der Waals surface area contributed by atoms with Gasteiger partial charge in [0.1, 0.15) is 16.4 Å². The molecule has 0 saturated heterocycles. The molecule has 0 spiro atoms. The number of thiazole rings is 1. The van der Waals surface area contributed by atoms with Crippen LogP contribution in [0.2, 0.25) is 0 Å². The Morgan fingerprint density at radius 2 is 1.83 bits per heavy atom. The van der Waals surface area contributed by atoms with Crippen molar-refractivity contribution in [3.63, 3.8) is 0 Å². The van der Waals surface area contributed by atoms with Gasteiger partial charge in [-0.15, -0.1) is 11.3 Å². The van der Waals surface area contributed by atoms with E-state index in [4.69, 9.17) is 9.47 Å². The summed E-state index contributed by atoms with van der Waals surface area (Å²) in [6.07, 6.45) is 3.89. The Hall–Kier alpha value is -3.04. The zero-order valence-electron chi connectivity index (χ0n) is 16.5. The zero-order chi connectivity index (χ0) is 21.1. The van der Waals surface area contributed by atoms with E-state index in [1.54, 1.807) is 42.5 Å². The number of hydrogen-bond acceptors (Lipinski definition) is 6. The molecule has 30 heavy (non-hydrogen) atoms. The average Bonchev–Trinajstić information content (AvgIpc) is 3.32. The number of hydrogen-bond donors (Lipinski definition) is 1. The molecular weight excluding hydrogens is 422 g/mol. The molecule has 0 unspecified atom stereocenters. The van der Waals surface area contributed by atoms with Gasteiger partial charge in [-0.05, 0) is 38.1 Å². The van der Waals surface area contributed by atoms with Gasteiger partial charge in [-0.1, -0.05) is 12.1 Å². The third-order valence-electron chi connectivity index (χ3n) is 4.34. The number of nitrogens with one attached hydrogen (secondary N) is 1. The smallest absolute Gasteiger partial charge is 0.265 e. The maximum Gasteiger partial charge on any atom is 0.265 e. The first-order valence-electron chi connectivity index (χ1n) is 9.45. The van der Waals surface area contributed by atoms with Crippen molar-refractivity contribution in [1.29, 1.82) is 0 Å². The molecule has 7 nitrogen and oxygen atoms in total.